The Morgan fingerprint density at radius 1 is 0.264 bits per heavy atom. The predicted molar refractivity (Wildman–Crippen MR) is 446 cm³/mol. The van der Waals surface area contributed by atoms with Crippen molar-refractivity contribution >= 4 is 215 Å². The molecular formula is C73H73N15O27P6. The number of aldehydes is 3. The maximum atomic E-state index is 14.2. The molecule has 121 heavy (non-hydrogen) atoms. The molecule has 12 rings (SSSR count). The molecule has 6 aromatic carbocycles. The minimum Gasteiger partial charge on any atom is -0.374 e. The van der Waals surface area contributed by atoms with Crippen LogP contribution in [0.5, 0.6) is 0 Å². The van der Waals surface area contributed by atoms with E-state index in [4.69, 9.17) is 0 Å². The van der Waals surface area contributed by atoms with E-state index in [2.05, 4.69) is 47.9 Å². The molecule has 0 bridgehead atoms. The van der Waals surface area contributed by atoms with Crippen molar-refractivity contribution < 1.29 is 129 Å². The van der Waals surface area contributed by atoms with Gasteiger partial charge in [-0.2, -0.15) is 0 Å². The lowest BCUT2D eigenvalue weighted by molar-refractivity contribution is -0.113. The van der Waals surface area contributed by atoms with Gasteiger partial charge in [-0.25, -0.2) is 0 Å². The average molecular weight is 1780 g/mol. The van der Waals surface area contributed by atoms with Gasteiger partial charge < -0.3 is 148 Å². The zero-order valence-electron chi connectivity index (χ0n) is 63.5. The van der Waals surface area contributed by atoms with Crippen LogP contribution >= 0.6 is 45.6 Å². The van der Waals surface area contributed by atoms with Crippen molar-refractivity contribution in [3.05, 3.63) is 199 Å². The van der Waals surface area contributed by atoms with E-state index in [1.807, 2.05) is 0 Å². The topological polar surface area (TPSA) is 637 Å². The Labute approximate surface area is 681 Å². The number of nitrogens with zero attached hydrogens (tertiary/aromatic N) is 6. The number of hydrogen-bond acceptors (Lipinski definition) is 18. The van der Waals surface area contributed by atoms with Gasteiger partial charge in [-0.1, -0.05) is 36.4 Å². The van der Waals surface area contributed by atoms with Gasteiger partial charge in [0.05, 0.1) is 84.1 Å². The Bertz CT molecular complexity index is 6020. The molecule has 48 heteroatoms. The highest BCUT2D eigenvalue weighted by Gasteiger charge is 2.39. The Balaban J connectivity index is 0.797. The molecule has 3 unspecified atom stereocenters. The summed E-state index contributed by atoms with van der Waals surface area (Å²) < 4.78 is 83.2. The summed E-state index contributed by atoms with van der Waals surface area (Å²) >= 11 is 0. The number of benzene rings is 6. The van der Waals surface area contributed by atoms with Gasteiger partial charge in [-0.3, -0.25) is 56.2 Å². The van der Waals surface area contributed by atoms with Crippen molar-refractivity contribution in [2.24, 2.45) is 48.2 Å². The molecule has 0 aliphatic rings. The molecule has 0 saturated carbocycles. The van der Waals surface area contributed by atoms with Gasteiger partial charge >= 0.3 is 45.6 Å². The third-order valence-corrected chi connectivity index (χ3v) is 25.4. The highest BCUT2D eigenvalue weighted by atomic mass is 31.2. The molecule has 12 aromatic rings. The molecular weight excluding hydrogens is 1700 g/mol. The summed E-state index contributed by atoms with van der Waals surface area (Å²) in [5.41, 5.74) is -1.37. The van der Waals surface area contributed by atoms with Gasteiger partial charge in [-0.15, -0.1) is 0 Å². The SMILES string of the molecule is Cn1cc(NC(=O)c2cc(NC(C=O)C(C(C=O)Nc3cc(C(=O)Nc4cc(C(=O)Nc5cc(P(=O)(O)O)c6cccc(P(=O)(O)O)c6c5)n(C)c4)n(C)c3)C(C=O)Nc3cc(C(=O)Nc4cc(C(=O)Nc5cc(P(=O)(O)O)c6cccc(P(=O)(O)O)c6c5)n(C)c4)n(C)c3)cn2C)cc1C(=O)Nc1cc(P(=O)(O)O)c2cccc(P(=O)(O)O)c2c1. The van der Waals surface area contributed by atoms with Crippen LogP contribution in [0.2, 0.25) is 0 Å². The van der Waals surface area contributed by atoms with Crippen molar-refractivity contribution in [3.8, 4) is 0 Å². The van der Waals surface area contributed by atoms with E-state index in [9.17, 15) is 129 Å². The van der Waals surface area contributed by atoms with Crippen molar-refractivity contribution in [1.82, 2.24) is 27.4 Å². The summed E-state index contributed by atoms with van der Waals surface area (Å²) in [6.07, 6.45) is 9.16. The monoisotopic (exact) mass is 1780 g/mol. The number of carbonyl (C=O) groups is 9. The number of rotatable bonds is 30. The van der Waals surface area contributed by atoms with Gasteiger partial charge in [0, 0.05) is 119 Å². The zero-order chi connectivity index (χ0) is 88.4. The molecule has 0 fully saturated rings. The molecule has 0 aliphatic carbocycles. The van der Waals surface area contributed by atoms with Gasteiger partial charge in [0.2, 0.25) is 0 Å². The first-order valence-electron chi connectivity index (χ1n) is 35.1. The maximum Gasteiger partial charge on any atom is 0.356 e. The predicted octanol–water partition coefficient (Wildman–Crippen LogP) is 3.46. The van der Waals surface area contributed by atoms with Crippen LogP contribution in [-0.2, 0) is 84.1 Å². The number of aryl methyl sites for hydroxylation is 6. The molecule has 0 radical (unpaired) electrons. The van der Waals surface area contributed by atoms with Crippen LogP contribution in [0.25, 0.3) is 32.3 Å². The Hall–Kier alpha value is -12.1. The van der Waals surface area contributed by atoms with Gasteiger partial charge in [0.25, 0.3) is 35.4 Å². The van der Waals surface area contributed by atoms with E-state index in [0.29, 0.717) is 18.9 Å². The molecule has 0 spiro atoms. The van der Waals surface area contributed by atoms with E-state index in [0.717, 1.165) is 54.6 Å². The summed E-state index contributed by atoms with van der Waals surface area (Å²) in [5, 5.41) is 19.3. The number of hydrogen-bond donors (Lipinski definition) is 21. The number of nitrogens with one attached hydrogen (secondary N) is 9. The number of amides is 6. The summed E-state index contributed by atoms with van der Waals surface area (Å²) in [4.78, 5) is 248. The normalized spacial score (nSPS) is 13.2. The molecule has 6 amide bonds. The highest BCUT2D eigenvalue weighted by Crippen LogP contribution is 2.46. The fourth-order valence-corrected chi connectivity index (χ4v) is 18.8. The molecule has 42 nitrogen and oxygen atoms in total. The fraction of sp³-hybridized carbons (Fsp3) is 0.137. The Morgan fingerprint density at radius 2 is 0.455 bits per heavy atom. The van der Waals surface area contributed by atoms with Crippen LogP contribution in [0.3, 0.4) is 0 Å². The lowest BCUT2D eigenvalue weighted by atomic mass is 9.85. The van der Waals surface area contributed by atoms with Crippen LogP contribution in [0.15, 0.2) is 165 Å². The van der Waals surface area contributed by atoms with Crippen molar-refractivity contribution in [2.45, 2.75) is 18.1 Å². The second-order valence-electron chi connectivity index (χ2n) is 27.9. The van der Waals surface area contributed by atoms with Gasteiger partial charge in [-0.05, 0) is 107 Å². The average Bonchev–Trinajstić information content (AvgIpc) is 1.59. The van der Waals surface area contributed by atoms with E-state index < -0.39 is 137 Å². The lowest BCUT2D eigenvalue weighted by Crippen LogP contribution is -2.52. The van der Waals surface area contributed by atoms with Crippen LogP contribution in [0.1, 0.15) is 62.9 Å². The first-order valence-corrected chi connectivity index (χ1v) is 44.8. The molecule has 0 saturated heterocycles. The van der Waals surface area contributed by atoms with E-state index in [1.54, 1.807) is 0 Å². The molecule has 6 aromatic heterocycles. The van der Waals surface area contributed by atoms with E-state index in [1.165, 1.54) is 180 Å². The minimum absolute atomic E-state index is 0.0193. The second kappa shape index (κ2) is 33.5. The minimum atomic E-state index is -5.14. The number of anilines is 9. The largest absolute Gasteiger partial charge is 0.374 e. The summed E-state index contributed by atoms with van der Waals surface area (Å²) in [6.45, 7) is 0. The van der Waals surface area contributed by atoms with Crippen LogP contribution in [0, 0.1) is 5.92 Å². The van der Waals surface area contributed by atoms with E-state index >= 15 is 0 Å². The first-order chi connectivity index (χ1) is 56.5. The molecule has 21 N–H and O–H groups in total. The van der Waals surface area contributed by atoms with Crippen LogP contribution in [-0.4, -0.2) is 159 Å². The first kappa shape index (κ1) is 88.2. The number of carbonyl (C=O) groups excluding carboxylic acids is 9. The van der Waals surface area contributed by atoms with Crippen molar-refractivity contribution in [2.75, 3.05) is 47.9 Å². The van der Waals surface area contributed by atoms with Crippen LogP contribution in [0.4, 0.5) is 51.2 Å². The highest BCUT2D eigenvalue weighted by molar-refractivity contribution is 7.63. The molecule has 3 atom stereocenters. The fourth-order valence-electron chi connectivity index (χ4n) is 14.0. The lowest BCUT2D eigenvalue weighted by Gasteiger charge is -2.34. The molecule has 0 aliphatic heterocycles. The molecule has 6 heterocycles. The quantitative estimate of drug-likeness (QED) is 0.0226. The Kier molecular flexibility index (Phi) is 24.4. The summed E-state index contributed by atoms with van der Waals surface area (Å²) in [7, 11) is -22.0. The third kappa shape index (κ3) is 19.1. The standard InChI is InChI=1S/C73H73N15O27P6/c1-83-28-40(19-55(83)71(95)80-43-22-58(86(4)31-43)68(92)77-37-16-49-46(64(25-37)119(107,108)109)10-7-13-61(49)116(98,99)100)74-52(34-89)67(53(35-90)75-41-20-56(84(2)29-41)72(96)81-44-23-59(87(5)32-44)69(93)78-38-17-50-47(65(26-38)120(110,111)112)11-8-14-62(50)117(101,102)103)54(36-91)76-42-21-57(85(3)30-42)73(97)82-45-24-60(88(6)33-45)70(94)79-39-18-51-48(66(27-39)121(113,114)115)12-9-15-63(51)118(104,105)106/h7-36,52-54,67,74-76H,1-6H3,(H,77,92)(H,78,93)(H,79,94)(H,80,95)(H,81,96)(H,82,97)(H2,98,99,100)(H2,101,102,103)(H2,104,105,106)(H2,107,108,109)(H2,110,111,112)(H2,113,114,115). The van der Waals surface area contributed by atoms with Gasteiger partial charge in [0.15, 0.2) is 0 Å². The smallest absolute Gasteiger partial charge is 0.356 e. The summed E-state index contributed by atoms with van der Waals surface area (Å²) in [6, 6.07) is 19.4. The van der Waals surface area contributed by atoms with Gasteiger partial charge in [0.1, 0.15) is 53.0 Å². The Morgan fingerprint density at radius 3 is 0.653 bits per heavy atom. The number of aromatic nitrogens is 6. The van der Waals surface area contributed by atoms with E-state index in [-0.39, 0.29) is 118 Å². The maximum absolute atomic E-state index is 14.2. The zero-order valence-corrected chi connectivity index (χ0v) is 68.9. The van der Waals surface area contributed by atoms with Crippen LogP contribution < -0.4 is 79.7 Å². The van der Waals surface area contributed by atoms with Crippen molar-refractivity contribution in [1.29, 1.82) is 0 Å². The second-order valence-corrected chi connectivity index (χ2v) is 37.4. The number of fused-ring (bicyclic) bond motifs is 3. The summed E-state index contributed by atoms with van der Waals surface area (Å²) in [5.74, 6) is -6.71. The third-order valence-electron chi connectivity index (χ3n) is 19.4. The molecule has 632 valence electrons. The van der Waals surface area contributed by atoms with Crippen molar-refractivity contribution in [3.63, 3.8) is 0 Å².